The molecule has 0 saturated carbocycles. The minimum atomic E-state index is -0.725. The number of terminal acetylenes is 1. The van der Waals surface area contributed by atoms with E-state index >= 15 is 0 Å². The summed E-state index contributed by atoms with van der Waals surface area (Å²) in [4.78, 5) is 24.4. The molecule has 2 amide bonds. The summed E-state index contributed by atoms with van der Waals surface area (Å²) in [5.41, 5.74) is 5.69. The lowest BCUT2D eigenvalue weighted by molar-refractivity contribution is -0.135. The quantitative estimate of drug-likeness (QED) is 0.586. The van der Waals surface area contributed by atoms with Gasteiger partial charge in [-0.3, -0.25) is 4.79 Å². The van der Waals surface area contributed by atoms with Crippen LogP contribution in [0.25, 0.3) is 0 Å². The fraction of sp³-hybridized carbons (Fsp3) is 0.600. The maximum absolute atomic E-state index is 12.3. The number of rotatable bonds is 3. The number of likely N-dealkylation sites (tertiary alicyclic amines) is 1. The van der Waals surface area contributed by atoms with Gasteiger partial charge in [-0.25, -0.2) is 4.79 Å². The second-order valence-corrected chi connectivity index (χ2v) is 10.3. The normalized spacial score (nSPS) is 17.5. The van der Waals surface area contributed by atoms with Gasteiger partial charge >= 0.3 is 6.09 Å². The van der Waals surface area contributed by atoms with E-state index in [0.717, 1.165) is 24.5 Å². The zero-order valence-corrected chi connectivity index (χ0v) is 20.8. The van der Waals surface area contributed by atoms with Crippen LogP contribution in [0.5, 0.6) is 0 Å². The molecule has 1 aliphatic rings. The van der Waals surface area contributed by atoms with Crippen LogP contribution in [-0.4, -0.2) is 35.6 Å². The van der Waals surface area contributed by atoms with Gasteiger partial charge in [0.2, 0.25) is 5.91 Å². The number of nitrogens with zero attached hydrogens (tertiary/aromatic N) is 1. The summed E-state index contributed by atoms with van der Waals surface area (Å²) in [6, 6.07) is 8.17. The Morgan fingerprint density at radius 1 is 1.23 bits per heavy atom. The first-order chi connectivity index (χ1) is 14.2. The van der Waals surface area contributed by atoms with Crippen molar-refractivity contribution >= 4 is 23.6 Å². The predicted molar refractivity (Wildman–Crippen MR) is 129 cm³/mol. The molecule has 1 saturated heterocycles. The molecular weight excluding hydrogens is 412 g/mol. The van der Waals surface area contributed by atoms with Gasteiger partial charge in [0, 0.05) is 24.5 Å². The third-order valence-corrected chi connectivity index (χ3v) is 5.10. The lowest BCUT2D eigenvalue weighted by Gasteiger charge is -2.45. The van der Waals surface area contributed by atoms with Crippen LogP contribution in [0.15, 0.2) is 24.3 Å². The van der Waals surface area contributed by atoms with Crippen molar-refractivity contribution in [3.63, 3.8) is 0 Å². The molecule has 6 heteroatoms. The molecule has 0 aliphatic carbocycles. The molecule has 2 rings (SSSR count). The number of piperidine rings is 1. The maximum atomic E-state index is 12.3. The average molecular weight is 451 g/mol. The molecule has 1 unspecified atom stereocenters. The van der Waals surface area contributed by atoms with Crippen LogP contribution >= 0.6 is 11.6 Å². The van der Waals surface area contributed by atoms with Gasteiger partial charge in [0.1, 0.15) is 5.60 Å². The Bertz CT molecular complexity index is 719. The molecule has 1 atom stereocenters. The van der Waals surface area contributed by atoms with Crippen molar-refractivity contribution in [1.82, 2.24) is 4.90 Å². The number of halogens is 1. The van der Waals surface area contributed by atoms with Crippen LogP contribution in [-0.2, 0) is 9.53 Å². The van der Waals surface area contributed by atoms with E-state index < -0.39 is 11.7 Å². The van der Waals surface area contributed by atoms with Gasteiger partial charge in [-0.15, -0.1) is 12.8 Å². The van der Waals surface area contributed by atoms with Crippen molar-refractivity contribution < 1.29 is 14.3 Å². The molecule has 0 aromatic heterocycles. The van der Waals surface area contributed by atoms with E-state index in [1.807, 2.05) is 17.0 Å². The molecule has 1 aromatic rings. The van der Waals surface area contributed by atoms with Crippen molar-refractivity contribution in [3.05, 3.63) is 34.9 Å². The van der Waals surface area contributed by atoms with E-state index in [9.17, 15) is 9.59 Å². The van der Waals surface area contributed by atoms with Crippen LogP contribution in [0.3, 0.4) is 0 Å². The van der Waals surface area contributed by atoms with Gasteiger partial charge in [0.05, 0.1) is 0 Å². The van der Waals surface area contributed by atoms with E-state index in [-0.39, 0.29) is 5.41 Å². The first kappa shape index (κ1) is 28.8. The van der Waals surface area contributed by atoms with Crippen LogP contribution in [0.2, 0.25) is 5.02 Å². The third-order valence-electron chi connectivity index (χ3n) is 4.84. The van der Waals surface area contributed by atoms with Crippen LogP contribution < -0.4 is 5.73 Å². The van der Waals surface area contributed by atoms with Crippen LogP contribution in [0.4, 0.5) is 4.79 Å². The van der Waals surface area contributed by atoms with Crippen molar-refractivity contribution in [2.75, 3.05) is 13.1 Å². The summed E-state index contributed by atoms with van der Waals surface area (Å²) in [5.74, 6) is 1.21. The molecule has 174 valence electrons. The van der Waals surface area contributed by atoms with Gasteiger partial charge in [-0.1, -0.05) is 51.4 Å². The highest BCUT2D eigenvalue weighted by Crippen LogP contribution is 2.42. The van der Waals surface area contributed by atoms with Gasteiger partial charge < -0.3 is 15.4 Å². The molecule has 0 radical (unpaired) electrons. The van der Waals surface area contributed by atoms with Gasteiger partial charge in [0.25, 0.3) is 0 Å². The number of benzene rings is 1. The number of ether oxygens (including phenoxy) is 1. The Morgan fingerprint density at radius 2 is 1.74 bits per heavy atom. The minimum absolute atomic E-state index is 0.0960. The fourth-order valence-electron chi connectivity index (χ4n) is 3.66. The Morgan fingerprint density at radius 3 is 2.10 bits per heavy atom. The summed E-state index contributed by atoms with van der Waals surface area (Å²) in [6.07, 6.45) is 8.96. The first-order valence-electron chi connectivity index (χ1n) is 10.6. The van der Waals surface area contributed by atoms with Crippen molar-refractivity contribution in [3.8, 4) is 12.8 Å². The van der Waals surface area contributed by atoms with E-state index in [1.54, 1.807) is 20.8 Å². The predicted octanol–water partition coefficient (Wildman–Crippen LogP) is 5.86. The fourth-order valence-corrected chi connectivity index (χ4v) is 3.79. The highest BCUT2D eigenvalue weighted by atomic mass is 35.5. The van der Waals surface area contributed by atoms with Crippen molar-refractivity contribution in [1.29, 1.82) is 0 Å². The Hall–Kier alpha value is -2.19. The van der Waals surface area contributed by atoms with Gasteiger partial charge in [-0.05, 0) is 62.1 Å². The highest BCUT2D eigenvalue weighted by Gasteiger charge is 2.38. The van der Waals surface area contributed by atoms with Crippen molar-refractivity contribution in [2.24, 2.45) is 17.1 Å². The molecule has 0 spiro atoms. The second kappa shape index (κ2) is 12.6. The van der Waals surface area contributed by atoms with E-state index in [4.69, 9.17) is 17.3 Å². The molecule has 1 aromatic carbocycles. The summed E-state index contributed by atoms with van der Waals surface area (Å²) in [6.45, 7) is 15.7. The number of carbonyl (C=O) groups excluding carboxylic acids is 2. The molecule has 1 heterocycles. The number of amides is 2. The number of primary amides is 1. The molecular formula is C25H39ClN2O3. The number of hydrogen-bond acceptors (Lipinski definition) is 3. The second-order valence-electron chi connectivity index (χ2n) is 9.83. The minimum Gasteiger partial charge on any atom is -0.444 e. The van der Waals surface area contributed by atoms with Crippen molar-refractivity contribution in [2.45, 2.75) is 72.8 Å². The average Bonchev–Trinajstić information content (AvgIpc) is 2.61. The standard InChI is InChI=1S/C18H26ClNO.C5H11NO2.C2H2/c1-13(2)11-17(21)20-10-9-16(18(3,4)12-20)14-5-7-15(19)8-6-14;1-5(2,3)8-4(6)7;1-2/h5-8,13,16H,9-12H2,1-4H3;1-3H3,(H2,6,7);1-2H. The molecule has 31 heavy (non-hydrogen) atoms. The third kappa shape index (κ3) is 11.1. The smallest absolute Gasteiger partial charge is 0.405 e. The van der Waals surface area contributed by atoms with E-state index in [2.05, 4.69) is 57.4 Å². The zero-order valence-electron chi connectivity index (χ0n) is 20.1. The summed E-state index contributed by atoms with van der Waals surface area (Å²) >= 11 is 5.98. The van der Waals surface area contributed by atoms with Crippen LogP contribution in [0.1, 0.15) is 72.8 Å². The molecule has 2 N–H and O–H groups in total. The first-order valence-corrected chi connectivity index (χ1v) is 10.9. The largest absolute Gasteiger partial charge is 0.444 e. The van der Waals surface area contributed by atoms with Crippen LogP contribution in [0, 0.1) is 24.2 Å². The van der Waals surface area contributed by atoms with E-state index in [1.165, 1.54) is 5.56 Å². The SMILES string of the molecule is C#C.CC(C)(C)OC(N)=O.CC(C)CC(=O)N1CCC(c2ccc(Cl)cc2)C(C)(C)C1. The maximum Gasteiger partial charge on any atom is 0.405 e. The summed E-state index contributed by atoms with van der Waals surface area (Å²) in [7, 11) is 0. The Kier molecular flexibility index (Phi) is 11.7. The van der Waals surface area contributed by atoms with Gasteiger partial charge in [0.15, 0.2) is 0 Å². The Labute approximate surface area is 193 Å². The molecule has 1 fully saturated rings. The zero-order chi connectivity index (χ0) is 24.4. The lowest BCUT2D eigenvalue weighted by Crippen LogP contribution is -2.47. The topological polar surface area (TPSA) is 72.6 Å². The number of hydrogen-bond donors (Lipinski definition) is 1. The van der Waals surface area contributed by atoms with E-state index in [0.29, 0.717) is 24.2 Å². The molecule has 5 nitrogen and oxygen atoms in total. The number of nitrogens with two attached hydrogens (primary N) is 1. The highest BCUT2D eigenvalue weighted by molar-refractivity contribution is 6.30. The number of carbonyl (C=O) groups is 2. The monoisotopic (exact) mass is 450 g/mol. The summed E-state index contributed by atoms with van der Waals surface area (Å²) in [5, 5.41) is 0.779. The Balaban J connectivity index is 0.000000762. The van der Waals surface area contributed by atoms with Gasteiger partial charge in [-0.2, -0.15) is 0 Å². The molecule has 1 aliphatic heterocycles. The lowest BCUT2D eigenvalue weighted by atomic mass is 9.70. The summed E-state index contributed by atoms with van der Waals surface area (Å²) < 4.78 is 4.58. The molecule has 0 bridgehead atoms.